The predicted molar refractivity (Wildman–Crippen MR) is 105 cm³/mol. The molecule has 0 aliphatic carbocycles. The highest BCUT2D eigenvalue weighted by molar-refractivity contribution is 6.30. The van der Waals surface area contributed by atoms with Crippen LogP contribution < -0.4 is 5.32 Å². The third-order valence-electron chi connectivity index (χ3n) is 4.52. The van der Waals surface area contributed by atoms with E-state index in [1.54, 1.807) is 12.4 Å². The fraction of sp³-hybridized carbons (Fsp3) is 0.300. The third-order valence-corrected chi connectivity index (χ3v) is 4.77. The first-order valence-electron chi connectivity index (χ1n) is 8.37. The molecule has 0 amide bonds. The minimum atomic E-state index is 0.120. The van der Waals surface area contributed by atoms with Crippen LogP contribution in [0.2, 0.25) is 5.02 Å². The van der Waals surface area contributed by atoms with Gasteiger partial charge in [-0.15, -0.1) is 0 Å². The highest BCUT2D eigenvalue weighted by Crippen LogP contribution is 2.37. The van der Waals surface area contributed by atoms with E-state index in [0.29, 0.717) is 5.02 Å². The minimum absolute atomic E-state index is 0.120. The van der Waals surface area contributed by atoms with Crippen molar-refractivity contribution < 1.29 is 0 Å². The van der Waals surface area contributed by atoms with Crippen LogP contribution in [0.4, 0.5) is 5.82 Å². The second kappa shape index (κ2) is 6.89. The molecule has 2 aromatic heterocycles. The van der Waals surface area contributed by atoms with Gasteiger partial charge in [-0.1, -0.05) is 44.5 Å². The lowest BCUT2D eigenvalue weighted by molar-refractivity contribution is 0.359. The number of aromatic amines is 1. The molecule has 25 heavy (non-hydrogen) atoms. The van der Waals surface area contributed by atoms with Gasteiger partial charge >= 0.3 is 0 Å². The topological polar surface area (TPSA) is 53.6 Å². The molecule has 0 radical (unpaired) electrons. The Kier molecular flexibility index (Phi) is 4.82. The van der Waals surface area contributed by atoms with E-state index in [4.69, 9.17) is 11.6 Å². The van der Waals surface area contributed by atoms with E-state index in [1.807, 2.05) is 36.4 Å². The molecule has 3 rings (SSSR count). The van der Waals surface area contributed by atoms with E-state index in [1.165, 1.54) is 0 Å². The van der Waals surface area contributed by atoms with Gasteiger partial charge in [0.25, 0.3) is 0 Å². The summed E-state index contributed by atoms with van der Waals surface area (Å²) in [5.41, 5.74) is 4.24. The molecule has 4 nitrogen and oxygen atoms in total. The van der Waals surface area contributed by atoms with Crippen LogP contribution in [-0.4, -0.2) is 21.2 Å². The van der Waals surface area contributed by atoms with Crippen molar-refractivity contribution in [2.45, 2.75) is 33.7 Å². The van der Waals surface area contributed by atoms with Gasteiger partial charge in [0.1, 0.15) is 0 Å². The average Bonchev–Trinajstić information content (AvgIpc) is 2.99. The fourth-order valence-corrected chi connectivity index (χ4v) is 2.62. The van der Waals surface area contributed by atoms with Gasteiger partial charge in [0.05, 0.1) is 11.3 Å². The van der Waals surface area contributed by atoms with Gasteiger partial charge in [0.2, 0.25) is 0 Å². The molecule has 3 aromatic rings. The molecule has 0 spiro atoms. The predicted octanol–water partition coefficient (Wildman–Crippen LogP) is 5.64. The number of hydrogen-bond donors (Lipinski definition) is 2. The molecule has 0 saturated heterocycles. The van der Waals surface area contributed by atoms with Crippen LogP contribution in [0.3, 0.4) is 0 Å². The van der Waals surface area contributed by atoms with Crippen LogP contribution in [0.15, 0.2) is 48.8 Å². The Morgan fingerprint density at radius 2 is 1.64 bits per heavy atom. The maximum Gasteiger partial charge on any atom is 0.156 e. The summed E-state index contributed by atoms with van der Waals surface area (Å²) in [5.74, 6) is 0.846. The van der Waals surface area contributed by atoms with Crippen LogP contribution in [-0.2, 0) is 0 Å². The standard InChI is InChI=1S/C20H23ClN4/c1-13(20(2,3)4)23-19-17(14-9-11-22-12-10-14)18(24-25-19)15-5-7-16(21)8-6-15/h5-13H,1-4H3,(H2,23,24,25). The Balaban J connectivity index is 2.09. The van der Waals surface area contributed by atoms with E-state index in [9.17, 15) is 0 Å². The van der Waals surface area contributed by atoms with Crippen molar-refractivity contribution in [1.82, 2.24) is 15.2 Å². The molecule has 0 aliphatic rings. The number of nitrogens with zero attached hydrogens (tertiary/aromatic N) is 2. The minimum Gasteiger partial charge on any atom is -0.365 e. The lowest BCUT2D eigenvalue weighted by Crippen LogP contribution is -2.31. The molecule has 0 fully saturated rings. The Hall–Kier alpha value is -2.33. The highest BCUT2D eigenvalue weighted by atomic mass is 35.5. The molecule has 1 atom stereocenters. The zero-order valence-corrected chi connectivity index (χ0v) is 15.7. The largest absolute Gasteiger partial charge is 0.365 e. The number of nitrogens with one attached hydrogen (secondary N) is 2. The van der Waals surface area contributed by atoms with Gasteiger partial charge in [-0.05, 0) is 42.2 Å². The van der Waals surface area contributed by atoms with Crippen molar-refractivity contribution in [1.29, 1.82) is 0 Å². The SMILES string of the molecule is CC(Nc1n[nH]c(-c2ccc(Cl)cc2)c1-c1ccncc1)C(C)(C)C. The summed E-state index contributed by atoms with van der Waals surface area (Å²) in [4.78, 5) is 4.13. The molecule has 2 N–H and O–H groups in total. The zero-order chi connectivity index (χ0) is 18.0. The second-order valence-corrected chi connectivity index (χ2v) is 7.73. The van der Waals surface area contributed by atoms with E-state index in [-0.39, 0.29) is 11.5 Å². The molecule has 2 heterocycles. The summed E-state index contributed by atoms with van der Waals surface area (Å²) in [5, 5.41) is 12.0. The normalized spacial score (nSPS) is 12.8. The van der Waals surface area contributed by atoms with Gasteiger partial charge in [0, 0.05) is 29.0 Å². The average molecular weight is 355 g/mol. The molecular formula is C20H23ClN4. The van der Waals surface area contributed by atoms with E-state index >= 15 is 0 Å². The Morgan fingerprint density at radius 3 is 2.24 bits per heavy atom. The maximum absolute atomic E-state index is 6.03. The lowest BCUT2D eigenvalue weighted by atomic mass is 9.88. The number of halogens is 1. The first kappa shape index (κ1) is 17.5. The quantitative estimate of drug-likeness (QED) is 0.637. The maximum atomic E-state index is 6.03. The van der Waals surface area contributed by atoms with Crippen LogP contribution >= 0.6 is 11.6 Å². The first-order valence-corrected chi connectivity index (χ1v) is 8.75. The number of pyridine rings is 1. The van der Waals surface area contributed by atoms with Gasteiger partial charge in [-0.3, -0.25) is 10.1 Å². The highest BCUT2D eigenvalue weighted by Gasteiger charge is 2.24. The lowest BCUT2D eigenvalue weighted by Gasteiger charge is -2.28. The van der Waals surface area contributed by atoms with Gasteiger partial charge in [0.15, 0.2) is 5.82 Å². The number of benzene rings is 1. The van der Waals surface area contributed by atoms with Gasteiger partial charge in [-0.2, -0.15) is 5.10 Å². The van der Waals surface area contributed by atoms with E-state index in [2.05, 4.69) is 48.2 Å². The summed E-state index contributed by atoms with van der Waals surface area (Å²) < 4.78 is 0. The van der Waals surface area contributed by atoms with Crippen LogP contribution in [0.5, 0.6) is 0 Å². The number of hydrogen-bond acceptors (Lipinski definition) is 3. The van der Waals surface area contributed by atoms with Crippen molar-refractivity contribution in [2.24, 2.45) is 5.41 Å². The Labute approximate surface area is 153 Å². The number of H-pyrrole nitrogens is 1. The Bertz CT molecular complexity index is 832. The van der Waals surface area contributed by atoms with Crippen LogP contribution in [0.25, 0.3) is 22.4 Å². The summed E-state index contributed by atoms with van der Waals surface area (Å²) >= 11 is 6.03. The van der Waals surface area contributed by atoms with E-state index < -0.39 is 0 Å². The summed E-state index contributed by atoms with van der Waals surface area (Å²) in [7, 11) is 0. The molecule has 1 unspecified atom stereocenters. The molecule has 1 aromatic carbocycles. The number of anilines is 1. The van der Waals surface area contributed by atoms with Gasteiger partial charge < -0.3 is 5.32 Å². The van der Waals surface area contributed by atoms with Crippen molar-refractivity contribution in [3.63, 3.8) is 0 Å². The molecular weight excluding hydrogens is 332 g/mol. The van der Waals surface area contributed by atoms with Gasteiger partial charge in [-0.25, -0.2) is 0 Å². The van der Waals surface area contributed by atoms with Crippen molar-refractivity contribution in [3.8, 4) is 22.4 Å². The van der Waals surface area contributed by atoms with Crippen LogP contribution in [0.1, 0.15) is 27.7 Å². The van der Waals surface area contributed by atoms with Crippen LogP contribution in [0, 0.1) is 5.41 Å². The molecule has 5 heteroatoms. The molecule has 0 bridgehead atoms. The summed E-state index contributed by atoms with van der Waals surface area (Å²) in [6, 6.07) is 12.0. The van der Waals surface area contributed by atoms with E-state index in [0.717, 1.165) is 28.2 Å². The molecule has 130 valence electrons. The summed E-state index contributed by atoms with van der Waals surface area (Å²) in [6.07, 6.45) is 3.59. The summed E-state index contributed by atoms with van der Waals surface area (Å²) in [6.45, 7) is 8.81. The smallest absolute Gasteiger partial charge is 0.156 e. The molecule has 0 saturated carbocycles. The third kappa shape index (κ3) is 3.85. The second-order valence-electron chi connectivity index (χ2n) is 7.30. The number of aromatic nitrogens is 3. The fourth-order valence-electron chi connectivity index (χ4n) is 2.49. The van der Waals surface area contributed by atoms with Crippen molar-refractivity contribution in [2.75, 3.05) is 5.32 Å². The first-order chi connectivity index (χ1) is 11.9. The Morgan fingerprint density at radius 1 is 1.00 bits per heavy atom. The molecule has 0 aliphatic heterocycles. The van der Waals surface area contributed by atoms with Crippen molar-refractivity contribution in [3.05, 3.63) is 53.8 Å². The zero-order valence-electron chi connectivity index (χ0n) is 15.0. The van der Waals surface area contributed by atoms with Crippen molar-refractivity contribution >= 4 is 17.4 Å². The monoisotopic (exact) mass is 354 g/mol. The number of rotatable bonds is 4.